The third kappa shape index (κ3) is 5.77. The van der Waals surface area contributed by atoms with Gasteiger partial charge >= 0.3 is 0 Å². The van der Waals surface area contributed by atoms with Gasteiger partial charge in [0, 0.05) is 25.7 Å². The van der Waals surface area contributed by atoms with Crippen molar-refractivity contribution in [3.05, 3.63) is 35.4 Å². The van der Waals surface area contributed by atoms with Gasteiger partial charge in [-0.1, -0.05) is 38.1 Å². The van der Waals surface area contributed by atoms with Crippen LogP contribution in [-0.4, -0.2) is 55.6 Å². The van der Waals surface area contributed by atoms with Crippen LogP contribution in [0.3, 0.4) is 0 Å². The third-order valence-electron chi connectivity index (χ3n) is 4.27. The number of hydrogen-bond acceptors (Lipinski definition) is 3. The summed E-state index contributed by atoms with van der Waals surface area (Å²) in [4.78, 5) is 5.05. The second kappa shape index (κ2) is 8.52. The Bertz CT molecular complexity index is 417. The van der Waals surface area contributed by atoms with Gasteiger partial charge in [0.15, 0.2) is 0 Å². The standard InChI is InChI=1S/C18H31N3/c1-16(2)19-10-9-17-7-4-5-8-18(17)15-21-12-6-11-20(3)13-14-21/h4-5,7-8,16,19H,6,9-15H2,1-3H3. The number of nitrogens with zero attached hydrogens (tertiary/aromatic N) is 2. The highest BCUT2D eigenvalue weighted by molar-refractivity contribution is 5.27. The number of nitrogens with one attached hydrogen (secondary N) is 1. The molecule has 1 saturated heterocycles. The fourth-order valence-corrected chi connectivity index (χ4v) is 2.95. The van der Waals surface area contributed by atoms with Crippen LogP contribution in [0.2, 0.25) is 0 Å². The molecule has 0 radical (unpaired) electrons. The molecular formula is C18H31N3. The van der Waals surface area contributed by atoms with Gasteiger partial charge in [0.1, 0.15) is 0 Å². The van der Waals surface area contributed by atoms with Crippen LogP contribution >= 0.6 is 0 Å². The van der Waals surface area contributed by atoms with E-state index in [4.69, 9.17) is 0 Å². The molecule has 1 heterocycles. The van der Waals surface area contributed by atoms with E-state index in [1.54, 1.807) is 0 Å². The van der Waals surface area contributed by atoms with Crippen molar-refractivity contribution in [2.24, 2.45) is 0 Å². The van der Waals surface area contributed by atoms with Crippen LogP contribution in [-0.2, 0) is 13.0 Å². The average Bonchev–Trinajstić information content (AvgIpc) is 2.65. The zero-order valence-corrected chi connectivity index (χ0v) is 13.9. The van der Waals surface area contributed by atoms with Crippen LogP contribution in [0.5, 0.6) is 0 Å². The predicted molar refractivity (Wildman–Crippen MR) is 90.7 cm³/mol. The van der Waals surface area contributed by atoms with E-state index in [1.165, 1.54) is 43.7 Å². The zero-order valence-electron chi connectivity index (χ0n) is 13.9. The zero-order chi connectivity index (χ0) is 15.1. The quantitative estimate of drug-likeness (QED) is 0.867. The molecule has 1 aromatic rings. The molecule has 0 aliphatic carbocycles. The van der Waals surface area contributed by atoms with Crippen LogP contribution in [0.25, 0.3) is 0 Å². The summed E-state index contributed by atoms with van der Waals surface area (Å²) in [6.07, 6.45) is 2.41. The maximum Gasteiger partial charge on any atom is 0.0237 e. The van der Waals surface area contributed by atoms with Gasteiger partial charge in [0.25, 0.3) is 0 Å². The van der Waals surface area contributed by atoms with E-state index in [2.05, 4.69) is 60.3 Å². The van der Waals surface area contributed by atoms with E-state index in [1.807, 2.05) is 0 Å². The van der Waals surface area contributed by atoms with Gasteiger partial charge in [-0.2, -0.15) is 0 Å². The van der Waals surface area contributed by atoms with Crippen molar-refractivity contribution < 1.29 is 0 Å². The van der Waals surface area contributed by atoms with Gasteiger partial charge in [-0.3, -0.25) is 4.90 Å². The molecule has 3 heteroatoms. The molecule has 1 aliphatic heterocycles. The lowest BCUT2D eigenvalue weighted by Gasteiger charge is -2.22. The third-order valence-corrected chi connectivity index (χ3v) is 4.27. The summed E-state index contributed by atoms with van der Waals surface area (Å²) in [6.45, 7) is 11.4. The van der Waals surface area contributed by atoms with Crippen molar-refractivity contribution >= 4 is 0 Å². The lowest BCUT2D eigenvalue weighted by Crippen LogP contribution is -2.29. The maximum atomic E-state index is 3.52. The average molecular weight is 289 g/mol. The highest BCUT2D eigenvalue weighted by Gasteiger charge is 2.13. The molecule has 0 unspecified atom stereocenters. The number of likely N-dealkylation sites (N-methyl/N-ethyl adjacent to an activating group) is 1. The van der Waals surface area contributed by atoms with E-state index in [-0.39, 0.29) is 0 Å². The molecule has 1 aromatic carbocycles. The van der Waals surface area contributed by atoms with Gasteiger partial charge in [-0.15, -0.1) is 0 Å². The Morgan fingerprint density at radius 3 is 2.57 bits per heavy atom. The minimum absolute atomic E-state index is 0.568. The molecule has 0 spiro atoms. The van der Waals surface area contributed by atoms with Crippen molar-refractivity contribution in [2.75, 3.05) is 39.8 Å². The molecule has 1 aliphatic rings. The van der Waals surface area contributed by atoms with Gasteiger partial charge in [-0.05, 0) is 50.7 Å². The molecule has 2 rings (SSSR count). The predicted octanol–water partition coefficient (Wildman–Crippen LogP) is 2.36. The summed E-state index contributed by atoms with van der Waals surface area (Å²) in [6, 6.07) is 9.52. The summed E-state index contributed by atoms with van der Waals surface area (Å²) in [5.74, 6) is 0. The van der Waals surface area contributed by atoms with Gasteiger partial charge in [0.2, 0.25) is 0 Å². The second-order valence-corrected chi connectivity index (χ2v) is 6.56. The van der Waals surface area contributed by atoms with Gasteiger partial charge in [-0.25, -0.2) is 0 Å². The Labute approximate surface area is 130 Å². The molecular weight excluding hydrogens is 258 g/mol. The van der Waals surface area contributed by atoms with Crippen molar-refractivity contribution in [1.29, 1.82) is 0 Å². The minimum atomic E-state index is 0.568. The minimum Gasteiger partial charge on any atom is -0.314 e. The summed E-state index contributed by atoms with van der Waals surface area (Å²) in [5.41, 5.74) is 3.01. The Balaban J connectivity index is 1.92. The number of hydrogen-bond donors (Lipinski definition) is 1. The SMILES string of the molecule is CC(C)NCCc1ccccc1CN1CCCN(C)CC1. The van der Waals surface area contributed by atoms with Gasteiger partial charge in [0.05, 0.1) is 0 Å². The first-order valence-corrected chi connectivity index (χ1v) is 8.36. The first-order chi connectivity index (χ1) is 10.1. The summed E-state index contributed by atoms with van der Waals surface area (Å²) < 4.78 is 0. The lowest BCUT2D eigenvalue weighted by molar-refractivity contribution is 0.268. The highest BCUT2D eigenvalue weighted by Crippen LogP contribution is 2.14. The fraction of sp³-hybridized carbons (Fsp3) is 0.667. The van der Waals surface area contributed by atoms with Crippen molar-refractivity contribution in [2.45, 2.75) is 39.3 Å². The van der Waals surface area contributed by atoms with Gasteiger partial charge < -0.3 is 10.2 Å². The van der Waals surface area contributed by atoms with E-state index in [0.717, 1.165) is 19.5 Å². The second-order valence-electron chi connectivity index (χ2n) is 6.56. The highest BCUT2D eigenvalue weighted by atomic mass is 15.2. The molecule has 1 fully saturated rings. The number of benzene rings is 1. The van der Waals surface area contributed by atoms with Crippen LogP contribution in [0.15, 0.2) is 24.3 Å². The Morgan fingerprint density at radius 1 is 1.05 bits per heavy atom. The lowest BCUT2D eigenvalue weighted by atomic mass is 10.0. The van der Waals surface area contributed by atoms with E-state index in [0.29, 0.717) is 6.04 Å². The molecule has 0 aromatic heterocycles. The monoisotopic (exact) mass is 289 g/mol. The summed E-state index contributed by atoms with van der Waals surface area (Å²) in [7, 11) is 2.23. The Kier molecular flexibility index (Phi) is 6.68. The van der Waals surface area contributed by atoms with Crippen molar-refractivity contribution in [3.8, 4) is 0 Å². The van der Waals surface area contributed by atoms with E-state index in [9.17, 15) is 0 Å². The van der Waals surface area contributed by atoms with Crippen molar-refractivity contribution in [1.82, 2.24) is 15.1 Å². The van der Waals surface area contributed by atoms with Crippen LogP contribution in [0.1, 0.15) is 31.4 Å². The van der Waals surface area contributed by atoms with E-state index >= 15 is 0 Å². The normalized spacial score (nSPS) is 18.1. The van der Waals surface area contributed by atoms with Crippen LogP contribution < -0.4 is 5.32 Å². The molecule has 118 valence electrons. The first-order valence-electron chi connectivity index (χ1n) is 8.36. The fourth-order valence-electron chi connectivity index (χ4n) is 2.95. The topological polar surface area (TPSA) is 18.5 Å². The van der Waals surface area contributed by atoms with E-state index < -0.39 is 0 Å². The molecule has 0 amide bonds. The molecule has 0 bridgehead atoms. The maximum absolute atomic E-state index is 3.52. The molecule has 21 heavy (non-hydrogen) atoms. The summed E-state index contributed by atoms with van der Waals surface area (Å²) in [5, 5.41) is 3.52. The smallest absolute Gasteiger partial charge is 0.0237 e. The molecule has 0 atom stereocenters. The number of rotatable bonds is 6. The molecule has 3 nitrogen and oxygen atoms in total. The van der Waals surface area contributed by atoms with Crippen LogP contribution in [0.4, 0.5) is 0 Å². The first kappa shape index (κ1) is 16.5. The summed E-state index contributed by atoms with van der Waals surface area (Å²) >= 11 is 0. The largest absolute Gasteiger partial charge is 0.314 e. The Morgan fingerprint density at radius 2 is 1.81 bits per heavy atom. The van der Waals surface area contributed by atoms with Crippen molar-refractivity contribution in [3.63, 3.8) is 0 Å². The molecule has 0 saturated carbocycles. The molecule has 1 N–H and O–H groups in total. The Hall–Kier alpha value is -0.900. The van der Waals surface area contributed by atoms with Crippen LogP contribution in [0, 0.1) is 0 Å².